The zero-order chi connectivity index (χ0) is 15.5. The van der Waals surface area contributed by atoms with Gasteiger partial charge in [-0.2, -0.15) is 0 Å². The topological polar surface area (TPSA) is 12.0 Å². The normalized spacial score (nSPS) is 11.7. The lowest BCUT2D eigenvalue weighted by atomic mass is 10.1. The second-order valence-corrected chi connectivity index (χ2v) is 7.45. The number of nitrogens with one attached hydrogen (secondary N) is 1. The van der Waals surface area contributed by atoms with Gasteiger partial charge in [-0.1, -0.05) is 35.5 Å². The maximum Gasteiger partial charge on any atom is 0.124 e. The monoisotopic (exact) mass is 323 g/mol. The maximum absolute atomic E-state index is 13.2. The molecular formula is C17H19ClFNS. The van der Waals surface area contributed by atoms with Crippen LogP contribution in [0.1, 0.15) is 26.3 Å². The van der Waals surface area contributed by atoms with E-state index in [4.69, 9.17) is 11.6 Å². The van der Waals surface area contributed by atoms with Crippen molar-refractivity contribution >= 4 is 23.4 Å². The van der Waals surface area contributed by atoms with Crippen molar-refractivity contribution in [3.63, 3.8) is 0 Å². The molecule has 0 aliphatic rings. The first kappa shape index (κ1) is 16.3. The van der Waals surface area contributed by atoms with Crippen molar-refractivity contribution in [2.45, 2.75) is 42.6 Å². The zero-order valence-electron chi connectivity index (χ0n) is 12.4. The Morgan fingerprint density at radius 1 is 1.14 bits per heavy atom. The first-order valence-electron chi connectivity index (χ1n) is 6.80. The molecule has 0 saturated carbocycles. The minimum Gasteiger partial charge on any atom is -0.308 e. The standard InChI is InChI=1S/C17H19ClFNS/c1-17(2,3)20-11-12-7-8-16(15(18)9-12)21-14-6-4-5-13(19)10-14/h4-10,20H,11H2,1-3H3. The van der Waals surface area contributed by atoms with Crippen molar-refractivity contribution in [2.24, 2.45) is 0 Å². The molecule has 2 aromatic carbocycles. The van der Waals surface area contributed by atoms with Gasteiger partial charge in [-0.3, -0.25) is 0 Å². The van der Waals surface area contributed by atoms with Crippen LogP contribution in [-0.4, -0.2) is 5.54 Å². The van der Waals surface area contributed by atoms with E-state index < -0.39 is 0 Å². The van der Waals surface area contributed by atoms with E-state index in [1.165, 1.54) is 23.9 Å². The highest BCUT2D eigenvalue weighted by molar-refractivity contribution is 7.99. The molecule has 0 saturated heterocycles. The van der Waals surface area contributed by atoms with Crippen LogP contribution in [0.5, 0.6) is 0 Å². The summed E-state index contributed by atoms with van der Waals surface area (Å²) < 4.78 is 13.2. The lowest BCUT2D eigenvalue weighted by Gasteiger charge is -2.20. The molecule has 0 unspecified atom stereocenters. The Labute approximate surface area is 134 Å². The summed E-state index contributed by atoms with van der Waals surface area (Å²) in [7, 11) is 0. The fourth-order valence-corrected chi connectivity index (χ4v) is 2.95. The van der Waals surface area contributed by atoms with Crippen LogP contribution in [0.25, 0.3) is 0 Å². The number of halogens is 2. The fraction of sp³-hybridized carbons (Fsp3) is 0.294. The van der Waals surface area contributed by atoms with E-state index in [2.05, 4.69) is 26.1 Å². The van der Waals surface area contributed by atoms with Gasteiger partial charge in [0.1, 0.15) is 5.82 Å². The summed E-state index contributed by atoms with van der Waals surface area (Å²) in [5, 5.41) is 4.12. The van der Waals surface area contributed by atoms with Crippen LogP contribution in [0.4, 0.5) is 4.39 Å². The third-order valence-electron chi connectivity index (χ3n) is 2.84. The van der Waals surface area contributed by atoms with Gasteiger partial charge in [0.25, 0.3) is 0 Å². The molecular weight excluding hydrogens is 305 g/mol. The number of hydrogen-bond donors (Lipinski definition) is 1. The summed E-state index contributed by atoms with van der Waals surface area (Å²) >= 11 is 7.80. The van der Waals surface area contributed by atoms with Crippen molar-refractivity contribution in [3.05, 3.63) is 58.9 Å². The van der Waals surface area contributed by atoms with Gasteiger partial charge in [-0.15, -0.1) is 0 Å². The Balaban J connectivity index is 2.09. The SMILES string of the molecule is CC(C)(C)NCc1ccc(Sc2cccc(F)c2)c(Cl)c1. The number of hydrogen-bond acceptors (Lipinski definition) is 2. The molecule has 0 atom stereocenters. The first-order chi connectivity index (χ1) is 9.83. The molecule has 4 heteroatoms. The number of rotatable bonds is 4. The highest BCUT2D eigenvalue weighted by Crippen LogP contribution is 2.34. The van der Waals surface area contributed by atoms with E-state index in [9.17, 15) is 4.39 Å². The largest absolute Gasteiger partial charge is 0.308 e. The molecule has 112 valence electrons. The molecule has 0 fully saturated rings. The van der Waals surface area contributed by atoms with Crippen LogP contribution in [0.2, 0.25) is 5.02 Å². The van der Waals surface area contributed by atoms with E-state index in [0.717, 1.165) is 21.9 Å². The highest BCUT2D eigenvalue weighted by Gasteiger charge is 2.10. The van der Waals surface area contributed by atoms with E-state index in [1.54, 1.807) is 6.07 Å². The van der Waals surface area contributed by atoms with E-state index in [1.807, 2.05) is 24.3 Å². The van der Waals surface area contributed by atoms with Gasteiger partial charge in [-0.05, 0) is 56.7 Å². The quantitative estimate of drug-likeness (QED) is 0.795. The second kappa shape index (κ2) is 6.82. The Morgan fingerprint density at radius 2 is 1.90 bits per heavy atom. The van der Waals surface area contributed by atoms with Gasteiger partial charge < -0.3 is 5.32 Å². The minimum atomic E-state index is -0.234. The smallest absolute Gasteiger partial charge is 0.124 e. The van der Waals surface area contributed by atoms with Crippen molar-refractivity contribution in [3.8, 4) is 0 Å². The molecule has 1 N–H and O–H groups in total. The predicted molar refractivity (Wildman–Crippen MR) is 88.6 cm³/mol. The number of benzene rings is 2. The third-order valence-corrected chi connectivity index (χ3v) is 4.33. The third kappa shape index (κ3) is 5.34. The summed E-state index contributed by atoms with van der Waals surface area (Å²) in [6, 6.07) is 12.5. The van der Waals surface area contributed by atoms with Crippen LogP contribution in [-0.2, 0) is 6.54 Å². The first-order valence-corrected chi connectivity index (χ1v) is 8.00. The Hall–Kier alpha value is -1.03. The van der Waals surface area contributed by atoms with Gasteiger partial charge in [0.15, 0.2) is 0 Å². The van der Waals surface area contributed by atoms with Crippen LogP contribution in [0, 0.1) is 5.82 Å². The van der Waals surface area contributed by atoms with Crippen molar-refractivity contribution < 1.29 is 4.39 Å². The maximum atomic E-state index is 13.2. The summed E-state index contributed by atoms with van der Waals surface area (Å²) in [5.74, 6) is -0.234. The Morgan fingerprint density at radius 3 is 2.52 bits per heavy atom. The van der Waals surface area contributed by atoms with Crippen molar-refractivity contribution in [1.29, 1.82) is 0 Å². The van der Waals surface area contributed by atoms with E-state index in [-0.39, 0.29) is 11.4 Å². The van der Waals surface area contributed by atoms with Crippen LogP contribution in [0.3, 0.4) is 0 Å². The van der Waals surface area contributed by atoms with E-state index >= 15 is 0 Å². The molecule has 2 rings (SSSR count). The van der Waals surface area contributed by atoms with Crippen molar-refractivity contribution in [2.75, 3.05) is 0 Å². The second-order valence-electron chi connectivity index (χ2n) is 5.93. The fourth-order valence-electron chi connectivity index (χ4n) is 1.76. The van der Waals surface area contributed by atoms with Crippen LogP contribution >= 0.6 is 23.4 Å². The molecule has 21 heavy (non-hydrogen) atoms. The van der Waals surface area contributed by atoms with Gasteiger partial charge in [-0.25, -0.2) is 4.39 Å². The van der Waals surface area contributed by atoms with E-state index in [0.29, 0.717) is 5.02 Å². The Bertz CT molecular complexity index is 622. The average Bonchev–Trinajstić information content (AvgIpc) is 2.38. The molecule has 0 aliphatic heterocycles. The molecule has 0 spiro atoms. The lowest BCUT2D eigenvalue weighted by Crippen LogP contribution is -2.35. The summed E-state index contributed by atoms with van der Waals surface area (Å²) in [6.45, 7) is 7.16. The molecule has 0 aliphatic carbocycles. The lowest BCUT2D eigenvalue weighted by molar-refractivity contribution is 0.424. The van der Waals surface area contributed by atoms with Gasteiger partial charge in [0.2, 0.25) is 0 Å². The molecule has 0 bridgehead atoms. The van der Waals surface area contributed by atoms with Gasteiger partial charge >= 0.3 is 0 Å². The summed E-state index contributed by atoms with van der Waals surface area (Å²) in [5.41, 5.74) is 1.21. The Kier molecular flexibility index (Phi) is 5.31. The van der Waals surface area contributed by atoms with Crippen LogP contribution < -0.4 is 5.32 Å². The molecule has 0 amide bonds. The highest BCUT2D eigenvalue weighted by atomic mass is 35.5. The van der Waals surface area contributed by atoms with Gasteiger partial charge in [0.05, 0.1) is 5.02 Å². The van der Waals surface area contributed by atoms with Crippen molar-refractivity contribution in [1.82, 2.24) is 5.32 Å². The molecule has 1 nitrogen and oxygen atoms in total. The molecule has 0 aromatic heterocycles. The molecule has 0 heterocycles. The zero-order valence-corrected chi connectivity index (χ0v) is 14.0. The predicted octanol–water partition coefficient (Wildman–Crippen LogP) is 5.52. The van der Waals surface area contributed by atoms with Gasteiger partial charge in [0, 0.05) is 21.9 Å². The summed E-state index contributed by atoms with van der Waals surface area (Å²) in [4.78, 5) is 1.78. The average molecular weight is 324 g/mol. The minimum absolute atomic E-state index is 0.0709. The van der Waals surface area contributed by atoms with Crippen LogP contribution in [0.15, 0.2) is 52.3 Å². The molecule has 0 radical (unpaired) electrons. The molecule has 2 aromatic rings. The summed E-state index contributed by atoms with van der Waals surface area (Å²) in [6.07, 6.45) is 0.